The third-order valence-corrected chi connectivity index (χ3v) is 3.10. The molecule has 118 valence electrons. The van der Waals surface area contributed by atoms with Gasteiger partial charge in [0.1, 0.15) is 0 Å². The Bertz CT molecular complexity index is 419. The molecule has 5 nitrogen and oxygen atoms in total. The van der Waals surface area contributed by atoms with Crippen LogP contribution in [-0.2, 0) is 9.47 Å². The van der Waals surface area contributed by atoms with Gasteiger partial charge >= 0.3 is 6.03 Å². The summed E-state index contributed by atoms with van der Waals surface area (Å²) in [6.45, 7) is 5.56. The van der Waals surface area contributed by atoms with Crippen LogP contribution in [0, 0.1) is 0 Å². The molecule has 0 fully saturated rings. The van der Waals surface area contributed by atoms with E-state index in [1.807, 2.05) is 13.8 Å². The molecular weight excluding hydrogens is 292 g/mol. The number of carbonyl (C=O) groups is 1. The van der Waals surface area contributed by atoms with Crippen molar-refractivity contribution in [2.75, 3.05) is 32.1 Å². The molecule has 0 aliphatic heterocycles. The topological polar surface area (TPSA) is 50.8 Å². The first-order chi connectivity index (χ1) is 10.1. The van der Waals surface area contributed by atoms with Crippen LogP contribution in [-0.4, -0.2) is 44.0 Å². The predicted octanol–water partition coefficient (Wildman–Crippen LogP) is 3.59. The zero-order chi connectivity index (χ0) is 15.7. The summed E-state index contributed by atoms with van der Waals surface area (Å²) in [6, 6.07) is 6.81. The van der Waals surface area contributed by atoms with Crippen molar-refractivity contribution in [2.24, 2.45) is 0 Å². The maximum Gasteiger partial charge on any atom is 0.321 e. The number of ether oxygens (including phenoxy) is 2. The Morgan fingerprint density at radius 1 is 1.24 bits per heavy atom. The largest absolute Gasteiger partial charge is 0.353 e. The Labute approximate surface area is 131 Å². The lowest BCUT2D eigenvalue weighted by Gasteiger charge is -2.22. The number of halogens is 1. The molecule has 0 unspecified atom stereocenters. The molecule has 1 aromatic carbocycles. The molecule has 2 amide bonds. The van der Waals surface area contributed by atoms with E-state index < -0.39 is 0 Å². The number of benzene rings is 1. The van der Waals surface area contributed by atoms with Gasteiger partial charge in [0.15, 0.2) is 6.29 Å². The van der Waals surface area contributed by atoms with Gasteiger partial charge in [-0.15, -0.1) is 0 Å². The van der Waals surface area contributed by atoms with E-state index in [1.165, 1.54) is 0 Å². The van der Waals surface area contributed by atoms with Gasteiger partial charge in [0.05, 0.1) is 0 Å². The van der Waals surface area contributed by atoms with Crippen LogP contribution in [0.15, 0.2) is 24.3 Å². The van der Waals surface area contributed by atoms with Crippen LogP contribution in [0.1, 0.15) is 20.3 Å². The summed E-state index contributed by atoms with van der Waals surface area (Å²) < 4.78 is 10.9. The predicted molar refractivity (Wildman–Crippen MR) is 84.8 cm³/mol. The quantitative estimate of drug-likeness (QED) is 0.746. The third kappa shape index (κ3) is 6.80. The zero-order valence-corrected chi connectivity index (χ0v) is 13.5. The standard InChI is InChI=1S/C15H23ClN2O3/c1-4-20-14(21-5-2)10-11-18(3)15(19)17-13-8-6-12(16)7-9-13/h6-9,14H,4-5,10-11H2,1-3H3,(H,17,19). The van der Waals surface area contributed by atoms with Gasteiger partial charge in [0.2, 0.25) is 0 Å². The van der Waals surface area contributed by atoms with Crippen LogP contribution >= 0.6 is 11.6 Å². The summed E-state index contributed by atoms with van der Waals surface area (Å²) in [7, 11) is 1.74. The second kappa shape index (κ2) is 9.60. The number of hydrogen-bond acceptors (Lipinski definition) is 3. The Morgan fingerprint density at radius 2 is 1.81 bits per heavy atom. The summed E-state index contributed by atoms with van der Waals surface area (Å²) in [4.78, 5) is 13.6. The van der Waals surface area contributed by atoms with Gasteiger partial charge in [-0.1, -0.05) is 11.6 Å². The van der Waals surface area contributed by atoms with E-state index in [9.17, 15) is 4.79 Å². The first kappa shape index (κ1) is 17.8. The van der Waals surface area contributed by atoms with Crippen LogP contribution in [0.4, 0.5) is 10.5 Å². The third-order valence-electron chi connectivity index (χ3n) is 2.85. The van der Waals surface area contributed by atoms with Gasteiger partial charge in [-0.25, -0.2) is 4.79 Å². The van der Waals surface area contributed by atoms with Crippen molar-refractivity contribution in [3.8, 4) is 0 Å². The van der Waals surface area contributed by atoms with Crippen molar-refractivity contribution in [2.45, 2.75) is 26.6 Å². The fourth-order valence-corrected chi connectivity index (χ4v) is 1.87. The molecule has 1 N–H and O–H groups in total. The Hall–Kier alpha value is -1.30. The molecule has 0 bridgehead atoms. The van der Waals surface area contributed by atoms with E-state index in [0.717, 1.165) is 0 Å². The Morgan fingerprint density at radius 3 is 2.33 bits per heavy atom. The highest BCUT2D eigenvalue weighted by atomic mass is 35.5. The molecule has 0 saturated carbocycles. The second-order valence-electron chi connectivity index (χ2n) is 4.49. The normalized spacial score (nSPS) is 10.7. The summed E-state index contributed by atoms with van der Waals surface area (Å²) in [5.41, 5.74) is 0.711. The molecule has 0 heterocycles. The molecular formula is C15H23ClN2O3. The summed E-state index contributed by atoms with van der Waals surface area (Å²) in [5.74, 6) is 0. The first-order valence-corrected chi connectivity index (χ1v) is 7.45. The van der Waals surface area contributed by atoms with Crippen LogP contribution < -0.4 is 5.32 Å². The second-order valence-corrected chi connectivity index (χ2v) is 4.92. The summed E-state index contributed by atoms with van der Waals surface area (Å²) >= 11 is 5.80. The minimum Gasteiger partial charge on any atom is -0.353 e. The minimum atomic E-state index is -0.272. The number of nitrogens with zero attached hydrogens (tertiary/aromatic N) is 1. The van der Waals surface area contributed by atoms with Crippen molar-refractivity contribution < 1.29 is 14.3 Å². The number of nitrogens with one attached hydrogen (secondary N) is 1. The fourth-order valence-electron chi connectivity index (χ4n) is 1.74. The molecule has 6 heteroatoms. The number of rotatable bonds is 8. The van der Waals surface area contributed by atoms with Gasteiger partial charge in [-0.3, -0.25) is 0 Å². The monoisotopic (exact) mass is 314 g/mol. The SMILES string of the molecule is CCOC(CCN(C)C(=O)Nc1ccc(Cl)cc1)OCC. The Kier molecular flexibility index (Phi) is 8.12. The zero-order valence-electron chi connectivity index (χ0n) is 12.8. The first-order valence-electron chi connectivity index (χ1n) is 7.07. The highest BCUT2D eigenvalue weighted by Gasteiger charge is 2.13. The molecule has 0 saturated heterocycles. The van der Waals surface area contributed by atoms with E-state index in [4.69, 9.17) is 21.1 Å². The van der Waals surface area contributed by atoms with Crippen molar-refractivity contribution in [3.05, 3.63) is 29.3 Å². The molecule has 0 atom stereocenters. The fraction of sp³-hybridized carbons (Fsp3) is 0.533. The van der Waals surface area contributed by atoms with Crippen molar-refractivity contribution in [1.82, 2.24) is 4.90 Å². The summed E-state index contributed by atoms with van der Waals surface area (Å²) in [5, 5.41) is 3.44. The van der Waals surface area contributed by atoms with E-state index >= 15 is 0 Å². The van der Waals surface area contributed by atoms with Gasteiger partial charge in [-0.05, 0) is 38.1 Å². The lowest BCUT2D eigenvalue weighted by atomic mass is 10.3. The number of carbonyl (C=O) groups excluding carboxylic acids is 1. The lowest BCUT2D eigenvalue weighted by molar-refractivity contribution is -0.140. The average Bonchev–Trinajstić information content (AvgIpc) is 2.47. The van der Waals surface area contributed by atoms with Gasteiger partial charge in [0, 0.05) is 43.9 Å². The maximum absolute atomic E-state index is 12.0. The van der Waals surface area contributed by atoms with Crippen LogP contribution in [0.3, 0.4) is 0 Å². The molecule has 0 radical (unpaired) electrons. The number of anilines is 1. The van der Waals surface area contributed by atoms with E-state index in [1.54, 1.807) is 36.2 Å². The van der Waals surface area contributed by atoms with E-state index in [0.29, 0.717) is 36.9 Å². The van der Waals surface area contributed by atoms with E-state index in [2.05, 4.69) is 5.32 Å². The molecule has 0 aliphatic rings. The van der Waals surface area contributed by atoms with Crippen molar-refractivity contribution >= 4 is 23.3 Å². The average molecular weight is 315 g/mol. The lowest BCUT2D eigenvalue weighted by Crippen LogP contribution is -2.34. The van der Waals surface area contributed by atoms with Crippen molar-refractivity contribution in [3.63, 3.8) is 0 Å². The molecule has 21 heavy (non-hydrogen) atoms. The molecule has 1 rings (SSSR count). The van der Waals surface area contributed by atoms with E-state index in [-0.39, 0.29) is 12.3 Å². The van der Waals surface area contributed by atoms with Gasteiger partial charge < -0.3 is 19.7 Å². The Balaban J connectivity index is 2.41. The van der Waals surface area contributed by atoms with Crippen LogP contribution in [0.25, 0.3) is 0 Å². The minimum absolute atomic E-state index is 0.177. The van der Waals surface area contributed by atoms with Crippen molar-refractivity contribution in [1.29, 1.82) is 0 Å². The highest BCUT2D eigenvalue weighted by molar-refractivity contribution is 6.30. The molecule has 0 aromatic heterocycles. The number of amides is 2. The summed E-state index contributed by atoms with van der Waals surface area (Å²) in [6.07, 6.45) is 0.359. The number of hydrogen-bond donors (Lipinski definition) is 1. The van der Waals surface area contributed by atoms with Gasteiger partial charge in [-0.2, -0.15) is 0 Å². The van der Waals surface area contributed by atoms with Gasteiger partial charge in [0.25, 0.3) is 0 Å². The smallest absolute Gasteiger partial charge is 0.321 e. The highest BCUT2D eigenvalue weighted by Crippen LogP contribution is 2.14. The maximum atomic E-state index is 12.0. The molecule has 0 spiro atoms. The number of urea groups is 1. The van der Waals surface area contributed by atoms with Crippen LogP contribution in [0.2, 0.25) is 5.02 Å². The molecule has 0 aliphatic carbocycles. The molecule has 1 aromatic rings. The van der Waals surface area contributed by atoms with Crippen LogP contribution in [0.5, 0.6) is 0 Å².